The summed E-state index contributed by atoms with van der Waals surface area (Å²) in [5.41, 5.74) is 2.09. The summed E-state index contributed by atoms with van der Waals surface area (Å²) in [6, 6.07) is 5.41. The normalized spacial score (nSPS) is 11.8. The average Bonchev–Trinajstić information content (AvgIpc) is 2.62. The summed E-state index contributed by atoms with van der Waals surface area (Å²) in [5.74, 6) is -2.04. The Morgan fingerprint density at radius 3 is 2.24 bits per heavy atom. The number of aromatic nitrogens is 1. The second kappa shape index (κ2) is 4.91. The van der Waals surface area contributed by atoms with Gasteiger partial charge in [-0.05, 0) is 36.1 Å². The van der Waals surface area contributed by atoms with Crippen LogP contribution in [-0.2, 0) is 16.8 Å². The van der Waals surface area contributed by atoms with Crippen LogP contribution in [0.15, 0.2) is 18.2 Å². The standard InChI is InChI=1S/C16H19NO4/c1-9-5-10-6-11(16(2,3)4)7-12(15(20)21)14(10)17(9)8-13(18)19/h5-7H,8H2,1-4H3,(H,18,19)(H,20,21). The van der Waals surface area contributed by atoms with Gasteiger partial charge in [-0.1, -0.05) is 20.8 Å². The van der Waals surface area contributed by atoms with Crippen molar-refractivity contribution in [1.82, 2.24) is 4.57 Å². The highest BCUT2D eigenvalue weighted by Crippen LogP contribution is 2.31. The van der Waals surface area contributed by atoms with Gasteiger partial charge in [-0.25, -0.2) is 4.79 Å². The van der Waals surface area contributed by atoms with Crippen molar-refractivity contribution >= 4 is 22.8 Å². The lowest BCUT2D eigenvalue weighted by atomic mass is 9.85. The Hall–Kier alpha value is -2.30. The molecule has 5 heteroatoms. The largest absolute Gasteiger partial charge is 0.480 e. The van der Waals surface area contributed by atoms with Crippen LogP contribution < -0.4 is 0 Å². The zero-order valence-electron chi connectivity index (χ0n) is 12.6. The number of aromatic carboxylic acids is 1. The molecule has 0 aliphatic rings. The van der Waals surface area contributed by atoms with Gasteiger partial charge in [0.2, 0.25) is 0 Å². The van der Waals surface area contributed by atoms with Gasteiger partial charge in [-0.2, -0.15) is 0 Å². The van der Waals surface area contributed by atoms with Crippen LogP contribution in [0, 0.1) is 6.92 Å². The van der Waals surface area contributed by atoms with E-state index >= 15 is 0 Å². The molecule has 0 bridgehead atoms. The highest BCUT2D eigenvalue weighted by Gasteiger charge is 2.22. The van der Waals surface area contributed by atoms with E-state index in [2.05, 4.69) is 0 Å². The van der Waals surface area contributed by atoms with Crippen molar-refractivity contribution in [3.8, 4) is 0 Å². The summed E-state index contributed by atoms with van der Waals surface area (Å²) >= 11 is 0. The van der Waals surface area contributed by atoms with E-state index in [9.17, 15) is 14.7 Å². The number of carboxylic acid groups (broad SMARTS) is 2. The van der Waals surface area contributed by atoms with Gasteiger partial charge in [0.25, 0.3) is 0 Å². The lowest BCUT2D eigenvalue weighted by Crippen LogP contribution is -2.15. The molecule has 0 atom stereocenters. The molecular formula is C16H19NO4. The number of hydrogen-bond donors (Lipinski definition) is 2. The zero-order chi connectivity index (χ0) is 15.9. The Balaban J connectivity index is 2.83. The van der Waals surface area contributed by atoms with Gasteiger partial charge in [0, 0.05) is 11.1 Å². The number of carbonyl (C=O) groups is 2. The molecule has 0 aliphatic carbocycles. The van der Waals surface area contributed by atoms with Crippen molar-refractivity contribution in [3.05, 3.63) is 35.0 Å². The Bertz CT molecular complexity index is 735. The molecule has 21 heavy (non-hydrogen) atoms. The molecule has 0 saturated heterocycles. The average molecular weight is 289 g/mol. The minimum absolute atomic E-state index is 0.145. The Morgan fingerprint density at radius 2 is 1.76 bits per heavy atom. The van der Waals surface area contributed by atoms with Gasteiger partial charge < -0.3 is 14.8 Å². The number of benzene rings is 1. The molecule has 112 valence electrons. The van der Waals surface area contributed by atoms with Crippen molar-refractivity contribution in [3.63, 3.8) is 0 Å². The summed E-state index contributed by atoms with van der Waals surface area (Å²) in [6.07, 6.45) is 0. The first kappa shape index (κ1) is 15.1. The van der Waals surface area contributed by atoms with Crippen LogP contribution >= 0.6 is 0 Å². The number of nitrogens with zero attached hydrogens (tertiary/aromatic N) is 1. The minimum Gasteiger partial charge on any atom is -0.480 e. The smallest absolute Gasteiger partial charge is 0.337 e. The first-order chi connectivity index (χ1) is 9.61. The topological polar surface area (TPSA) is 79.5 Å². The lowest BCUT2D eigenvalue weighted by Gasteiger charge is -2.20. The molecule has 0 unspecified atom stereocenters. The van der Waals surface area contributed by atoms with E-state index in [0.29, 0.717) is 5.52 Å². The molecule has 0 saturated carbocycles. The van der Waals surface area contributed by atoms with Crippen molar-refractivity contribution in [2.24, 2.45) is 0 Å². The fourth-order valence-electron chi connectivity index (χ4n) is 2.48. The van der Waals surface area contributed by atoms with Crippen molar-refractivity contribution in [2.45, 2.75) is 39.7 Å². The number of hydrogen-bond acceptors (Lipinski definition) is 2. The molecule has 1 heterocycles. The molecule has 5 nitrogen and oxygen atoms in total. The first-order valence-corrected chi connectivity index (χ1v) is 6.70. The third-order valence-electron chi connectivity index (χ3n) is 3.59. The van der Waals surface area contributed by atoms with E-state index in [1.54, 1.807) is 13.0 Å². The number of rotatable bonds is 3. The molecule has 1 aromatic heterocycles. The second-order valence-corrected chi connectivity index (χ2v) is 6.28. The van der Waals surface area contributed by atoms with E-state index in [4.69, 9.17) is 5.11 Å². The van der Waals surface area contributed by atoms with Gasteiger partial charge in [0.1, 0.15) is 6.54 Å². The molecule has 1 aromatic carbocycles. The molecule has 2 aromatic rings. The van der Waals surface area contributed by atoms with Gasteiger partial charge in [-0.3, -0.25) is 4.79 Å². The number of carboxylic acids is 2. The summed E-state index contributed by atoms with van der Waals surface area (Å²) in [6.45, 7) is 7.58. The van der Waals surface area contributed by atoms with Gasteiger partial charge in [0.05, 0.1) is 11.1 Å². The third-order valence-corrected chi connectivity index (χ3v) is 3.59. The van der Waals surface area contributed by atoms with Crippen molar-refractivity contribution in [1.29, 1.82) is 0 Å². The maximum atomic E-state index is 11.6. The molecular weight excluding hydrogens is 270 g/mol. The van der Waals surface area contributed by atoms with Crippen LogP contribution in [0.25, 0.3) is 10.9 Å². The predicted molar refractivity (Wildman–Crippen MR) is 80.0 cm³/mol. The number of fused-ring (bicyclic) bond motifs is 1. The lowest BCUT2D eigenvalue weighted by molar-refractivity contribution is -0.137. The molecule has 0 radical (unpaired) electrons. The van der Waals surface area contributed by atoms with E-state index < -0.39 is 11.9 Å². The number of aliphatic carboxylic acids is 1. The van der Waals surface area contributed by atoms with Crippen LogP contribution in [0.1, 0.15) is 42.4 Å². The van der Waals surface area contributed by atoms with Gasteiger partial charge in [-0.15, -0.1) is 0 Å². The predicted octanol–water partition coefficient (Wildman–Crippen LogP) is 3.03. The van der Waals surface area contributed by atoms with E-state index in [1.807, 2.05) is 32.9 Å². The fraction of sp³-hybridized carbons (Fsp3) is 0.375. The minimum atomic E-state index is -1.05. The van der Waals surface area contributed by atoms with Crippen LogP contribution in [0.2, 0.25) is 0 Å². The SMILES string of the molecule is Cc1cc2cc(C(C)(C)C)cc(C(=O)O)c2n1CC(=O)O. The van der Waals surface area contributed by atoms with E-state index in [1.165, 1.54) is 4.57 Å². The van der Waals surface area contributed by atoms with Crippen LogP contribution in [-0.4, -0.2) is 26.7 Å². The molecule has 0 aliphatic heterocycles. The quantitative estimate of drug-likeness (QED) is 0.910. The maximum absolute atomic E-state index is 11.6. The highest BCUT2D eigenvalue weighted by molar-refractivity contribution is 6.03. The molecule has 2 N–H and O–H groups in total. The van der Waals surface area contributed by atoms with Crippen molar-refractivity contribution < 1.29 is 19.8 Å². The fourth-order valence-corrected chi connectivity index (χ4v) is 2.48. The van der Waals surface area contributed by atoms with Crippen LogP contribution in [0.5, 0.6) is 0 Å². The summed E-state index contributed by atoms with van der Waals surface area (Å²) in [5, 5.41) is 19.3. The maximum Gasteiger partial charge on any atom is 0.337 e. The Kier molecular flexibility index (Phi) is 3.53. The molecule has 0 spiro atoms. The highest BCUT2D eigenvalue weighted by atomic mass is 16.4. The Labute approximate surface area is 122 Å². The van der Waals surface area contributed by atoms with Crippen molar-refractivity contribution in [2.75, 3.05) is 0 Å². The molecule has 0 amide bonds. The summed E-state index contributed by atoms with van der Waals surface area (Å²) in [7, 11) is 0. The van der Waals surface area contributed by atoms with Crippen LogP contribution in [0.4, 0.5) is 0 Å². The van der Waals surface area contributed by atoms with Gasteiger partial charge in [0.15, 0.2) is 0 Å². The van der Waals surface area contributed by atoms with Crippen LogP contribution in [0.3, 0.4) is 0 Å². The zero-order valence-corrected chi connectivity index (χ0v) is 12.6. The van der Waals surface area contributed by atoms with E-state index in [0.717, 1.165) is 16.6 Å². The van der Waals surface area contributed by atoms with Gasteiger partial charge >= 0.3 is 11.9 Å². The summed E-state index contributed by atoms with van der Waals surface area (Å²) in [4.78, 5) is 22.6. The number of aryl methyl sites for hydroxylation is 1. The Morgan fingerprint density at radius 1 is 1.14 bits per heavy atom. The molecule has 0 fully saturated rings. The summed E-state index contributed by atoms with van der Waals surface area (Å²) < 4.78 is 1.54. The second-order valence-electron chi connectivity index (χ2n) is 6.28. The van der Waals surface area contributed by atoms with E-state index in [-0.39, 0.29) is 17.5 Å². The monoisotopic (exact) mass is 289 g/mol. The molecule has 2 rings (SSSR count). The third kappa shape index (κ3) is 2.77. The first-order valence-electron chi connectivity index (χ1n) is 6.70.